The maximum Gasteiger partial charge on any atom is 0.353 e. The highest BCUT2D eigenvalue weighted by molar-refractivity contribution is 9.10. The standard InChI is InChI=1S/C19H26BrN5O6/c1-12-21-18(23-16-14(20)10-13(30-4)11-15(16)31-5)17(25(26)27)19(22-12)24(6-8-28-2)7-9-29-3/h10-11H,6-9H2,1-5H3,(H,21,22,23). The van der Waals surface area contributed by atoms with Crippen LogP contribution in [0.3, 0.4) is 0 Å². The summed E-state index contributed by atoms with van der Waals surface area (Å²) in [5, 5.41) is 15.1. The molecule has 0 spiro atoms. The van der Waals surface area contributed by atoms with E-state index >= 15 is 0 Å². The molecule has 0 aliphatic carbocycles. The van der Waals surface area contributed by atoms with Gasteiger partial charge in [0, 0.05) is 37.8 Å². The lowest BCUT2D eigenvalue weighted by atomic mass is 10.2. The molecule has 1 aromatic heterocycles. The highest BCUT2D eigenvalue weighted by Gasteiger charge is 2.29. The van der Waals surface area contributed by atoms with Gasteiger partial charge in [-0.3, -0.25) is 10.1 Å². The zero-order valence-corrected chi connectivity index (χ0v) is 19.7. The van der Waals surface area contributed by atoms with Crippen LogP contribution in [-0.2, 0) is 9.47 Å². The summed E-state index contributed by atoms with van der Waals surface area (Å²) < 4.78 is 21.6. The minimum atomic E-state index is -0.506. The Morgan fingerprint density at radius 3 is 2.26 bits per heavy atom. The Bertz CT molecular complexity index is 906. The first kappa shape index (κ1) is 24.6. The summed E-state index contributed by atoms with van der Waals surface area (Å²) >= 11 is 3.45. The lowest BCUT2D eigenvalue weighted by Crippen LogP contribution is -2.32. The van der Waals surface area contributed by atoms with Crippen molar-refractivity contribution in [3.63, 3.8) is 0 Å². The summed E-state index contributed by atoms with van der Waals surface area (Å²) in [7, 11) is 6.16. The molecule has 31 heavy (non-hydrogen) atoms. The maximum absolute atomic E-state index is 12.1. The number of rotatable bonds is 12. The molecule has 0 unspecified atom stereocenters. The zero-order valence-electron chi connectivity index (χ0n) is 18.1. The van der Waals surface area contributed by atoms with Gasteiger partial charge in [0.05, 0.1) is 38.0 Å². The van der Waals surface area contributed by atoms with Crippen LogP contribution in [0.4, 0.5) is 23.0 Å². The Hall–Kier alpha value is -2.70. The van der Waals surface area contributed by atoms with Crippen LogP contribution in [0.25, 0.3) is 0 Å². The average molecular weight is 500 g/mol. The van der Waals surface area contributed by atoms with E-state index in [1.165, 1.54) is 14.2 Å². The number of hydrogen-bond acceptors (Lipinski definition) is 10. The third-order valence-corrected chi connectivity index (χ3v) is 4.94. The van der Waals surface area contributed by atoms with Gasteiger partial charge in [-0.25, -0.2) is 9.97 Å². The number of hydrogen-bond donors (Lipinski definition) is 1. The Morgan fingerprint density at radius 1 is 1.10 bits per heavy atom. The Kier molecular flexibility index (Phi) is 9.21. The Morgan fingerprint density at radius 2 is 1.74 bits per heavy atom. The highest BCUT2D eigenvalue weighted by Crippen LogP contribution is 2.41. The summed E-state index contributed by atoms with van der Waals surface area (Å²) in [6.07, 6.45) is 0. The molecular formula is C19H26BrN5O6. The first-order valence-electron chi connectivity index (χ1n) is 9.30. The molecular weight excluding hydrogens is 474 g/mol. The molecule has 1 aromatic carbocycles. The monoisotopic (exact) mass is 499 g/mol. The van der Waals surface area contributed by atoms with Gasteiger partial charge in [0.2, 0.25) is 11.6 Å². The van der Waals surface area contributed by atoms with Gasteiger partial charge in [-0.05, 0) is 28.9 Å². The van der Waals surface area contributed by atoms with Crippen molar-refractivity contribution in [3.05, 3.63) is 32.5 Å². The number of nitrogens with one attached hydrogen (secondary N) is 1. The fourth-order valence-electron chi connectivity index (χ4n) is 2.83. The van der Waals surface area contributed by atoms with Gasteiger partial charge in [0.15, 0.2) is 0 Å². The smallest absolute Gasteiger partial charge is 0.353 e. The number of aromatic nitrogens is 2. The van der Waals surface area contributed by atoms with Gasteiger partial charge >= 0.3 is 5.69 Å². The second-order valence-electron chi connectivity index (χ2n) is 6.33. The third kappa shape index (κ3) is 6.15. The minimum Gasteiger partial charge on any atom is -0.497 e. The molecule has 12 heteroatoms. The van der Waals surface area contributed by atoms with E-state index in [0.717, 1.165) is 0 Å². The van der Waals surface area contributed by atoms with Gasteiger partial charge in [-0.15, -0.1) is 0 Å². The minimum absolute atomic E-state index is 0.0384. The average Bonchev–Trinajstić information content (AvgIpc) is 2.74. The zero-order chi connectivity index (χ0) is 23.0. The van der Waals surface area contributed by atoms with Gasteiger partial charge in [-0.2, -0.15) is 0 Å². The molecule has 1 heterocycles. The number of ether oxygens (including phenoxy) is 4. The number of halogens is 1. The second-order valence-corrected chi connectivity index (χ2v) is 7.19. The summed E-state index contributed by atoms with van der Waals surface area (Å²) in [5.74, 6) is 1.57. The Labute approximate surface area is 188 Å². The molecule has 170 valence electrons. The molecule has 2 aromatic rings. The maximum atomic E-state index is 12.1. The summed E-state index contributed by atoms with van der Waals surface area (Å²) in [6, 6.07) is 3.38. The molecule has 1 N–H and O–H groups in total. The second kappa shape index (κ2) is 11.6. The van der Waals surface area contributed by atoms with Crippen molar-refractivity contribution in [2.75, 3.05) is 65.0 Å². The largest absolute Gasteiger partial charge is 0.497 e. The first-order chi connectivity index (χ1) is 14.9. The molecule has 0 radical (unpaired) electrons. The lowest BCUT2D eigenvalue weighted by molar-refractivity contribution is -0.383. The van der Waals surface area contributed by atoms with E-state index < -0.39 is 4.92 Å². The number of methoxy groups -OCH3 is 4. The van der Waals surface area contributed by atoms with Crippen molar-refractivity contribution in [1.82, 2.24) is 9.97 Å². The molecule has 0 saturated carbocycles. The quantitative estimate of drug-likeness (QED) is 0.343. The van der Waals surface area contributed by atoms with Crippen molar-refractivity contribution in [1.29, 1.82) is 0 Å². The fraction of sp³-hybridized carbons (Fsp3) is 0.474. The van der Waals surface area contributed by atoms with Gasteiger partial charge in [0.25, 0.3) is 0 Å². The van der Waals surface area contributed by atoms with Crippen molar-refractivity contribution >= 4 is 38.9 Å². The molecule has 0 saturated heterocycles. The fourth-order valence-corrected chi connectivity index (χ4v) is 3.35. The Balaban J connectivity index is 2.60. The summed E-state index contributed by atoms with van der Waals surface area (Å²) in [6.45, 7) is 3.19. The third-order valence-electron chi connectivity index (χ3n) is 4.32. The topological polar surface area (TPSA) is 121 Å². The van der Waals surface area contributed by atoms with Crippen LogP contribution in [0.2, 0.25) is 0 Å². The van der Waals surface area contributed by atoms with Gasteiger partial charge in [-0.1, -0.05) is 0 Å². The van der Waals surface area contributed by atoms with E-state index in [2.05, 4.69) is 31.2 Å². The van der Waals surface area contributed by atoms with Crippen LogP contribution in [0.1, 0.15) is 5.82 Å². The van der Waals surface area contributed by atoms with Gasteiger partial charge < -0.3 is 29.2 Å². The highest BCUT2D eigenvalue weighted by atomic mass is 79.9. The number of aryl methyl sites for hydroxylation is 1. The predicted octanol–water partition coefficient (Wildman–Crippen LogP) is 3.32. The van der Waals surface area contributed by atoms with Gasteiger partial charge in [0.1, 0.15) is 17.3 Å². The van der Waals surface area contributed by atoms with Crippen LogP contribution >= 0.6 is 15.9 Å². The van der Waals surface area contributed by atoms with Crippen molar-refractivity contribution in [3.8, 4) is 11.5 Å². The van der Waals surface area contributed by atoms with Crippen LogP contribution in [0, 0.1) is 17.0 Å². The van der Waals surface area contributed by atoms with Crippen LogP contribution in [-0.4, -0.2) is 69.6 Å². The number of nitrogens with zero attached hydrogens (tertiary/aromatic N) is 4. The first-order valence-corrected chi connectivity index (χ1v) is 10.1. The summed E-state index contributed by atoms with van der Waals surface area (Å²) in [4.78, 5) is 22.0. The van der Waals surface area contributed by atoms with Crippen molar-refractivity contribution in [2.24, 2.45) is 0 Å². The van der Waals surface area contributed by atoms with Crippen molar-refractivity contribution < 1.29 is 23.9 Å². The molecule has 0 amide bonds. The van der Waals surface area contributed by atoms with Crippen molar-refractivity contribution in [2.45, 2.75) is 6.92 Å². The van der Waals surface area contributed by atoms with Crippen LogP contribution in [0.5, 0.6) is 11.5 Å². The molecule has 0 atom stereocenters. The van der Waals surface area contributed by atoms with E-state index in [9.17, 15) is 10.1 Å². The molecule has 11 nitrogen and oxygen atoms in total. The molecule has 0 fully saturated rings. The molecule has 0 aliphatic heterocycles. The molecule has 2 rings (SSSR count). The SMILES string of the molecule is COCCN(CCOC)c1nc(C)nc(Nc2c(Br)cc(OC)cc2OC)c1[N+](=O)[O-]. The lowest BCUT2D eigenvalue weighted by Gasteiger charge is -2.24. The molecule has 0 bridgehead atoms. The number of nitro groups is 1. The van der Waals surface area contributed by atoms with Crippen LogP contribution < -0.4 is 19.7 Å². The number of benzene rings is 1. The summed E-state index contributed by atoms with van der Waals surface area (Å²) in [5.41, 5.74) is 0.207. The predicted molar refractivity (Wildman–Crippen MR) is 120 cm³/mol. The normalized spacial score (nSPS) is 10.6. The van der Waals surface area contributed by atoms with E-state index in [-0.39, 0.29) is 17.3 Å². The van der Waals surface area contributed by atoms with Crippen LogP contribution in [0.15, 0.2) is 16.6 Å². The number of anilines is 3. The van der Waals surface area contributed by atoms with E-state index in [0.29, 0.717) is 53.8 Å². The molecule has 0 aliphatic rings. The van der Waals surface area contributed by atoms with E-state index in [1.54, 1.807) is 38.2 Å². The van der Waals surface area contributed by atoms with E-state index in [1.807, 2.05) is 0 Å². The van der Waals surface area contributed by atoms with E-state index in [4.69, 9.17) is 18.9 Å².